The number of ether oxygens (including phenoxy) is 1. The first-order valence-corrected chi connectivity index (χ1v) is 7.00. The van der Waals surface area contributed by atoms with Crippen molar-refractivity contribution >= 4 is 18.4 Å². The van der Waals surface area contributed by atoms with Crippen molar-refractivity contribution in [3.63, 3.8) is 0 Å². The summed E-state index contributed by atoms with van der Waals surface area (Å²) >= 11 is 0. The van der Waals surface area contributed by atoms with Crippen LogP contribution in [0.5, 0.6) is 0 Å². The van der Waals surface area contributed by atoms with Crippen molar-refractivity contribution in [3.05, 3.63) is 18.3 Å². The third-order valence-electron chi connectivity index (χ3n) is 3.67. The molecule has 0 aromatic carbocycles. The van der Waals surface area contributed by atoms with E-state index in [9.17, 15) is 4.79 Å². The van der Waals surface area contributed by atoms with E-state index in [0.717, 1.165) is 18.7 Å². The van der Waals surface area contributed by atoms with Gasteiger partial charge >= 0.3 is 12.8 Å². The van der Waals surface area contributed by atoms with Gasteiger partial charge in [-0.15, -0.1) is 0 Å². The number of rotatable bonds is 1. The molecule has 0 saturated carbocycles. The molecule has 110 valence electrons. The lowest BCUT2D eigenvalue weighted by atomic mass is 9.67. The van der Waals surface area contributed by atoms with Crippen molar-refractivity contribution < 1.29 is 18.8 Å². The Morgan fingerprint density at radius 3 is 2.55 bits per heavy atom. The molecule has 0 bridgehead atoms. The Hall–Kier alpha value is -1.31. The van der Waals surface area contributed by atoms with Crippen LogP contribution in [0.15, 0.2) is 18.3 Å². The molecule has 6 nitrogen and oxygen atoms in total. The Balaban J connectivity index is 1.93. The minimum absolute atomic E-state index is 0.403. The van der Waals surface area contributed by atoms with Gasteiger partial charge in [0.1, 0.15) is 5.60 Å². The average molecular weight is 279 g/mol. The van der Waals surface area contributed by atoms with Crippen LogP contribution < -0.4 is 5.59 Å². The van der Waals surface area contributed by atoms with Gasteiger partial charge in [-0.05, 0) is 39.9 Å². The third-order valence-corrected chi connectivity index (χ3v) is 3.67. The monoisotopic (exact) mass is 279 g/mol. The molecule has 0 spiro atoms. The highest BCUT2D eigenvalue weighted by Crippen LogP contribution is 2.25. The SMILES string of the molecule is CC(C)(C)OC(=O)n1cccc1[B-]12OCCN1CCO2. The van der Waals surface area contributed by atoms with Gasteiger partial charge in [0.25, 0.3) is 0 Å². The second-order valence-electron chi connectivity index (χ2n) is 6.23. The van der Waals surface area contributed by atoms with E-state index in [1.165, 1.54) is 4.57 Å². The molecule has 0 aliphatic carbocycles. The largest absolute Gasteiger partial charge is 0.549 e. The Labute approximate surface area is 118 Å². The maximum absolute atomic E-state index is 12.3. The van der Waals surface area contributed by atoms with Crippen molar-refractivity contribution in [2.24, 2.45) is 0 Å². The molecular formula is C13H20BN2O4-. The maximum atomic E-state index is 12.3. The lowest BCUT2D eigenvalue weighted by Gasteiger charge is -2.37. The smallest absolute Gasteiger partial charge is 0.415 e. The molecule has 1 aromatic heterocycles. The van der Waals surface area contributed by atoms with E-state index < -0.39 is 18.4 Å². The van der Waals surface area contributed by atoms with E-state index in [1.54, 1.807) is 6.20 Å². The maximum Gasteiger partial charge on any atom is 0.415 e. The van der Waals surface area contributed by atoms with E-state index >= 15 is 0 Å². The summed E-state index contributed by atoms with van der Waals surface area (Å²) in [7, 11) is 0. The zero-order valence-electron chi connectivity index (χ0n) is 12.2. The van der Waals surface area contributed by atoms with Gasteiger partial charge in [0.05, 0.1) is 0 Å². The first-order chi connectivity index (χ1) is 9.42. The molecular weight excluding hydrogens is 259 g/mol. The highest BCUT2D eigenvalue weighted by Gasteiger charge is 2.46. The van der Waals surface area contributed by atoms with E-state index in [2.05, 4.69) is 4.81 Å². The Kier molecular flexibility index (Phi) is 3.15. The molecule has 0 N–H and O–H groups in total. The highest BCUT2D eigenvalue weighted by molar-refractivity contribution is 6.79. The number of carbonyl (C=O) groups excluding carboxylic acids is 1. The van der Waals surface area contributed by atoms with Crippen LogP contribution in [0.1, 0.15) is 20.8 Å². The summed E-state index contributed by atoms with van der Waals surface area (Å²) in [5.74, 6) is 0. The first-order valence-electron chi connectivity index (χ1n) is 7.00. The molecule has 2 saturated heterocycles. The number of carbonyl (C=O) groups is 1. The summed E-state index contributed by atoms with van der Waals surface area (Å²) in [5, 5.41) is 0. The van der Waals surface area contributed by atoms with Gasteiger partial charge in [0, 0.05) is 19.4 Å². The van der Waals surface area contributed by atoms with Crippen molar-refractivity contribution in [1.29, 1.82) is 0 Å². The summed E-state index contributed by atoms with van der Waals surface area (Å²) in [6.07, 6.45) is 1.29. The molecule has 2 aliphatic heterocycles. The molecule has 2 aliphatic rings. The average Bonchev–Trinajstić information content (AvgIpc) is 3.00. The van der Waals surface area contributed by atoms with Gasteiger partial charge in [-0.3, -0.25) is 4.57 Å². The van der Waals surface area contributed by atoms with Crippen molar-refractivity contribution in [2.45, 2.75) is 26.4 Å². The zero-order valence-corrected chi connectivity index (χ0v) is 12.2. The predicted octanol–water partition coefficient (Wildman–Crippen LogP) is 0.780. The van der Waals surface area contributed by atoms with Gasteiger partial charge in [0.15, 0.2) is 0 Å². The van der Waals surface area contributed by atoms with E-state index in [4.69, 9.17) is 14.0 Å². The van der Waals surface area contributed by atoms with Gasteiger partial charge in [-0.1, -0.05) is 11.7 Å². The standard InChI is InChI=1S/C13H20BN2O4/c1-13(2,3)20-12(17)16-6-4-5-11(16)14-15(7-9-18-14)8-10-19-14/h4-6H,7-10H2,1-3H3/q-1. The molecule has 0 amide bonds. The summed E-state index contributed by atoms with van der Waals surface area (Å²) < 4.78 is 18.7. The summed E-state index contributed by atoms with van der Waals surface area (Å²) in [5.41, 5.74) is 0.199. The molecule has 20 heavy (non-hydrogen) atoms. The van der Waals surface area contributed by atoms with Gasteiger partial charge in [0.2, 0.25) is 0 Å². The second-order valence-corrected chi connectivity index (χ2v) is 6.23. The number of fused-ring (bicyclic) bond motifs is 1. The van der Waals surface area contributed by atoms with E-state index in [1.807, 2.05) is 32.9 Å². The van der Waals surface area contributed by atoms with Crippen LogP contribution in [0.2, 0.25) is 0 Å². The van der Waals surface area contributed by atoms with Crippen molar-refractivity contribution in [3.8, 4) is 0 Å². The molecule has 3 heterocycles. The zero-order chi connectivity index (χ0) is 14.4. The van der Waals surface area contributed by atoms with Crippen LogP contribution in [0, 0.1) is 0 Å². The molecule has 7 heteroatoms. The fourth-order valence-corrected chi connectivity index (χ4v) is 2.90. The fraction of sp³-hybridized carbons (Fsp3) is 0.615. The highest BCUT2D eigenvalue weighted by atomic mass is 16.6. The third kappa shape index (κ3) is 2.15. The molecule has 0 unspecified atom stereocenters. The molecule has 0 atom stereocenters. The topological polar surface area (TPSA) is 52.9 Å². The number of nitrogens with zero attached hydrogens (tertiary/aromatic N) is 2. The summed E-state index contributed by atoms with van der Waals surface area (Å²) in [6.45, 7) is 6.78. The van der Waals surface area contributed by atoms with Crippen LogP contribution >= 0.6 is 0 Å². The summed E-state index contributed by atoms with van der Waals surface area (Å²) in [6, 6.07) is 3.69. The molecule has 1 aromatic rings. The number of aromatic nitrogens is 1. The second kappa shape index (κ2) is 4.61. The van der Waals surface area contributed by atoms with Crippen molar-refractivity contribution in [1.82, 2.24) is 9.38 Å². The van der Waals surface area contributed by atoms with Gasteiger partial charge in [-0.2, -0.15) is 0 Å². The van der Waals surface area contributed by atoms with Gasteiger partial charge < -0.3 is 18.9 Å². The van der Waals surface area contributed by atoms with Gasteiger partial charge in [-0.25, -0.2) is 4.79 Å². The lowest BCUT2D eigenvalue weighted by molar-refractivity contribution is 0.0539. The fourth-order valence-electron chi connectivity index (χ4n) is 2.90. The van der Waals surface area contributed by atoms with Crippen molar-refractivity contribution in [2.75, 3.05) is 26.3 Å². The normalized spacial score (nSPS) is 21.9. The Morgan fingerprint density at radius 2 is 1.95 bits per heavy atom. The predicted molar refractivity (Wildman–Crippen MR) is 74.9 cm³/mol. The lowest BCUT2D eigenvalue weighted by Crippen LogP contribution is -2.61. The minimum Gasteiger partial charge on any atom is -0.549 e. The van der Waals surface area contributed by atoms with Crippen LogP contribution in [-0.2, 0) is 14.0 Å². The number of hydrogen-bond acceptors (Lipinski definition) is 5. The number of hydrogen-bond donors (Lipinski definition) is 0. The first kappa shape index (κ1) is 13.7. The Bertz CT molecular complexity index is 513. The molecule has 0 radical (unpaired) electrons. The van der Waals surface area contributed by atoms with Crippen LogP contribution in [-0.4, -0.2) is 54.1 Å². The summed E-state index contributed by atoms with van der Waals surface area (Å²) in [4.78, 5) is 14.5. The van der Waals surface area contributed by atoms with Crippen LogP contribution in [0.4, 0.5) is 4.79 Å². The minimum atomic E-state index is -1.69. The Morgan fingerprint density at radius 1 is 1.30 bits per heavy atom. The van der Waals surface area contributed by atoms with E-state index in [0.29, 0.717) is 13.2 Å². The van der Waals surface area contributed by atoms with E-state index in [-0.39, 0.29) is 0 Å². The molecule has 3 rings (SSSR count). The molecule has 2 fully saturated rings. The van der Waals surface area contributed by atoms with Crippen LogP contribution in [0.3, 0.4) is 0 Å². The quantitative estimate of drug-likeness (QED) is 0.711. The van der Waals surface area contributed by atoms with Crippen LogP contribution in [0.25, 0.3) is 0 Å².